The van der Waals surface area contributed by atoms with Gasteiger partial charge in [0.25, 0.3) is 0 Å². The maximum atomic E-state index is 8.47. The van der Waals surface area contributed by atoms with E-state index in [2.05, 4.69) is 9.78 Å². The second-order valence-electron chi connectivity index (χ2n) is 2.73. The van der Waals surface area contributed by atoms with Gasteiger partial charge in [0.05, 0.1) is 13.2 Å². The van der Waals surface area contributed by atoms with Crippen molar-refractivity contribution in [3.05, 3.63) is 24.3 Å². The van der Waals surface area contributed by atoms with Gasteiger partial charge in [-0.3, -0.25) is 0 Å². The summed E-state index contributed by atoms with van der Waals surface area (Å²) in [5.74, 6) is 0.858. The van der Waals surface area contributed by atoms with E-state index in [1.807, 2.05) is 0 Å². The van der Waals surface area contributed by atoms with E-state index in [0.717, 1.165) is 0 Å². The van der Waals surface area contributed by atoms with Gasteiger partial charge >= 0.3 is 0 Å². The van der Waals surface area contributed by atoms with E-state index >= 15 is 0 Å². The van der Waals surface area contributed by atoms with E-state index in [1.165, 1.54) is 0 Å². The van der Waals surface area contributed by atoms with Crippen molar-refractivity contribution in [1.82, 2.24) is 0 Å². The molecule has 16 heavy (non-hydrogen) atoms. The molecule has 1 rings (SSSR count). The van der Waals surface area contributed by atoms with Crippen LogP contribution in [0.5, 0.6) is 11.5 Å². The second-order valence-corrected chi connectivity index (χ2v) is 2.73. The highest BCUT2D eigenvalue weighted by molar-refractivity contribution is 5.32. The van der Waals surface area contributed by atoms with Gasteiger partial charge in [-0.25, -0.2) is 0 Å². The van der Waals surface area contributed by atoms with E-state index in [9.17, 15) is 0 Å². The highest BCUT2D eigenvalue weighted by Crippen LogP contribution is 2.19. The van der Waals surface area contributed by atoms with Crippen LogP contribution in [0.25, 0.3) is 0 Å². The molecule has 0 heterocycles. The maximum absolute atomic E-state index is 8.47. The van der Waals surface area contributed by atoms with Gasteiger partial charge in [-0.15, -0.1) is 0 Å². The predicted octanol–water partition coefficient (Wildman–Crippen LogP) is 0.292. The summed E-state index contributed by atoms with van der Waals surface area (Å²) in [6.45, 7) is -0.0518. The zero-order chi connectivity index (χ0) is 11.6. The van der Waals surface area contributed by atoms with Crippen molar-refractivity contribution >= 4 is 0 Å². The molecule has 0 bridgehead atoms. The van der Waals surface area contributed by atoms with E-state index in [1.54, 1.807) is 24.3 Å². The first-order valence-electron chi connectivity index (χ1n) is 4.77. The van der Waals surface area contributed by atoms with Crippen LogP contribution in [0.3, 0.4) is 0 Å². The lowest BCUT2D eigenvalue weighted by atomic mass is 10.3. The molecular formula is C10H14O6. The predicted molar refractivity (Wildman–Crippen MR) is 53.8 cm³/mol. The Morgan fingerprint density at radius 2 is 1.38 bits per heavy atom. The van der Waals surface area contributed by atoms with Crippen LogP contribution in [0.1, 0.15) is 0 Å². The summed E-state index contributed by atoms with van der Waals surface area (Å²) in [6.07, 6.45) is 0. The quantitative estimate of drug-likeness (QED) is 0.380. The largest absolute Gasteiger partial charge is 0.394 e. The Morgan fingerprint density at radius 1 is 0.875 bits per heavy atom. The van der Waals surface area contributed by atoms with Crippen molar-refractivity contribution in [3.63, 3.8) is 0 Å². The van der Waals surface area contributed by atoms with Gasteiger partial charge in [-0.1, -0.05) is 6.07 Å². The monoisotopic (exact) mass is 230 g/mol. The molecule has 0 atom stereocenters. The summed E-state index contributed by atoms with van der Waals surface area (Å²) < 4.78 is 0. The normalized spacial score (nSPS) is 10.1. The average molecular weight is 230 g/mol. The van der Waals surface area contributed by atoms with Gasteiger partial charge in [0.15, 0.2) is 11.5 Å². The zero-order valence-electron chi connectivity index (χ0n) is 8.67. The number of hydrogen-bond donors (Lipinski definition) is 2. The van der Waals surface area contributed by atoms with Crippen LogP contribution < -0.4 is 9.78 Å². The van der Waals surface area contributed by atoms with E-state index < -0.39 is 0 Å². The van der Waals surface area contributed by atoms with E-state index in [-0.39, 0.29) is 26.4 Å². The summed E-state index contributed by atoms with van der Waals surface area (Å²) in [6, 6.07) is 6.57. The first kappa shape index (κ1) is 12.7. The summed E-state index contributed by atoms with van der Waals surface area (Å²) in [4.78, 5) is 19.0. The Kier molecular flexibility index (Phi) is 6.28. The van der Waals surface area contributed by atoms with E-state index in [4.69, 9.17) is 20.0 Å². The van der Waals surface area contributed by atoms with Crippen molar-refractivity contribution < 1.29 is 29.8 Å². The molecule has 0 aliphatic rings. The van der Waals surface area contributed by atoms with Crippen molar-refractivity contribution in [2.45, 2.75) is 0 Å². The topological polar surface area (TPSA) is 77.4 Å². The molecule has 0 saturated heterocycles. The Bertz CT molecular complexity index is 265. The van der Waals surface area contributed by atoms with Gasteiger partial charge in [-0.2, -0.15) is 9.78 Å². The van der Waals surface area contributed by atoms with Crippen molar-refractivity contribution in [2.75, 3.05) is 26.4 Å². The minimum absolute atomic E-state index is 0.0894. The minimum Gasteiger partial charge on any atom is -0.394 e. The smallest absolute Gasteiger partial charge is 0.169 e. The third kappa shape index (κ3) is 4.94. The molecule has 0 aliphatic heterocycles. The SMILES string of the molecule is OCCOOc1cccc(OOCCO)c1. The number of aliphatic hydroxyl groups excluding tert-OH is 2. The standard InChI is InChI=1S/C10H14O6/c11-4-6-13-15-9-2-1-3-10(8-9)16-14-7-5-12/h1-3,8,11-12H,4-7H2. The molecule has 0 unspecified atom stereocenters. The molecule has 0 saturated carbocycles. The third-order valence-electron chi connectivity index (χ3n) is 1.47. The fourth-order valence-corrected chi connectivity index (χ4v) is 0.872. The van der Waals surface area contributed by atoms with E-state index in [0.29, 0.717) is 11.5 Å². The second kappa shape index (κ2) is 7.89. The number of aliphatic hydroxyl groups is 2. The average Bonchev–Trinajstić information content (AvgIpc) is 2.30. The highest BCUT2D eigenvalue weighted by atomic mass is 17.2. The lowest BCUT2D eigenvalue weighted by Crippen LogP contribution is -2.04. The van der Waals surface area contributed by atoms with Gasteiger partial charge in [0, 0.05) is 6.07 Å². The molecule has 0 amide bonds. The van der Waals surface area contributed by atoms with Gasteiger partial charge in [0.2, 0.25) is 0 Å². The molecule has 0 fully saturated rings. The summed E-state index contributed by atoms with van der Waals surface area (Å²) in [5.41, 5.74) is 0. The molecule has 1 aromatic carbocycles. The summed E-state index contributed by atoms with van der Waals surface area (Å²) in [7, 11) is 0. The van der Waals surface area contributed by atoms with Crippen LogP contribution in [0.2, 0.25) is 0 Å². The molecule has 0 radical (unpaired) electrons. The van der Waals surface area contributed by atoms with Crippen LogP contribution >= 0.6 is 0 Å². The molecule has 90 valence electrons. The molecule has 2 N–H and O–H groups in total. The van der Waals surface area contributed by atoms with Crippen molar-refractivity contribution in [3.8, 4) is 11.5 Å². The fraction of sp³-hybridized carbons (Fsp3) is 0.400. The Hall–Kier alpha value is -1.34. The van der Waals surface area contributed by atoms with Gasteiger partial charge in [-0.05, 0) is 12.1 Å². The minimum atomic E-state index is -0.115. The molecule has 6 nitrogen and oxygen atoms in total. The van der Waals surface area contributed by atoms with Crippen LogP contribution in [-0.4, -0.2) is 36.6 Å². The number of rotatable bonds is 8. The lowest BCUT2D eigenvalue weighted by molar-refractivity contribution is -0.217. The lowest BCUT2D eigenvalue weighted by Gasteiger charge is -2.06. The third-order valence-corrected chi connectivity index (χ3v) is 1.47. The maximum Gasteiger partial charge on any atom is 0.169 e. The van der Waals surface area contributed by atoms with Crippen LogP contribution in [0, 0.1) is 0 Å². The summed E-state index contributed by atoms with van der Waals surface area (Å²) in [5, 5.41) is 16.9. The van der Waals surface area contributed by atoms with Gasteiger partial charge in [0.1, 0.15) is 13.2 Å². The molecule has 6 heteroatoms. The Labute approximate surface area is 92.8 Å². The molecule has 0 aromatic heterocycles. The first-order chi connectivity index (χ1) is 7.86. The first-order valence-corrected chi connectivity index (χ1v) is 4.77. The highest BCUT2D eigenvalue weighted by Gasteiger charge is 1.99. The fourth-order valence-electron chi connectivity index (χ4n) is 0.872. The Morgan fingerprint density at radius 3 is 1.81 bits per heavy atom. The van der Waals surface area contributed by atoms with Crippen molar-refractivity contribution in [2.24, 2.45) is 0 Å². The van der Waals surface area contributed by atoms with Crippen LogP contribution in [0.4, 0.5) is 0 Å². The Balaban J connectivity index is 2.37. The van der Waals surface area contributed by atoms with Gasteiger partial charge < -0.3 is 20.0 Å². The zero-order valence-corrected chi connectivity index (χ0v) is 8.67. The van der Waals surface area contributed by atoms with Crippen LogP contribution in [-0.2, 0) is 9.78 Å². The van der Waals surface area contributed by atoms with Crippen LogP contribution in [0.15, 0.2) is 24.3 Å². The van der Waals surface area contributed by atoms with Crippen molar-refractivity contribution in [1.29, 1.82) is 0 Å². The molecule has 0 aliphatic carbocycles. The molecular weight excluding hydrogens is 216 g/mol. The molecule has 1 aromatic rings. The summed E-state index contributed by atoms with van der Waals surface area (Å²) >= 11 is 0. The molecule has 0 spiro atoms. The number of hydrogen-bond acceptors (Lipinski definition) is 6. The number of benzene rings is 1.